The molecule has 0 bridgehead atoms. The van der Waals surface area contributed by atoms with E-state index < -0.39 is 0 Å². The molecule has 0 amide bonds. The van der Waals surface area contributed by atoms with E-state index >= 15 is 0 Å². The van der Waals surface area contributed by atoms with Crippen LogP contribution in [-0.4, -0.2) is 16.3 Å². The minimum absolute atomic E-state index is 0.0304. The fourth-order valence-corrected chi connectivity index (χ4v) is 2.67. The van der Waals surface area contributed by atoms with E-state index in [1.165, 1.54) is 0 Å². The lowest BCUT2D eigenvalue weighted by Crippen LogP contribution is -2.25. The standard InChI is InChI=1S/C17H24FN3/c1-5-15-11-16(21(7-3)20-15)17(19-6-2)13-8-12(4)9-14(18)10-13/h8-11,17,19H,5-7H2,1-4H3. The number of rotatable bonds is 6. The zero-order valence-corrected chi connectivity index (χ0v) is 13.3. The van der Waals surface area contributed by atoms with Gasteiger partial charge in [0.15, 0.2) is 0 Å². The summed E-state index contributed by atoms with van der Waals surface area (Å²) in [5, 5.41) is 8.06. The summed E-state index contributed by atoms with van der Waals surface area (Å²) in [6.45, 7) is 9.79. The van der Waals surface area contributed by atoms with Gasteiger partial charge in [0.2, 0.25) is 0 Å². The van der Waals surface area contributed by atoms with Crippen molar-refractivity contribution in [3.63, 3.8) is 0 Å². The van der Waals surface area contributed by atoms with Crippen LogP contribution < -0.4 is 5.32 Å². The van der Waals surface area contributed by atoms with Gasteiger partial charge in [-0.25, -0.2) is 4.39 Å². The Bertz CT molecular complexity index is 584. The van der Waals surface area contributed by atoms with Gasteiger partial charge < -0.3 is 5.32 Å². The predicted molar refractivity (Wildman–Crippen MR) is 83.9 cm³/mol. The van der Waals surface area contributed by atoms with Crippen LogP contribution in [0.1, 0.15) is 49.3 Å². The molecular weight excluding hydrogens is 265 g/mol. The van der Waals surface area contributed by atoms with Crippen molar-refractivity contribution in [3.8, 4) is 0 Å². The molecule has 21 heavy (non-hydrogen) atoms. The molecule has 0 radical (unpaired) electrons. The second kappa shape index (κ2) is 6.85. The highest BCUT2D eigenvalue weighted by molar-refractivity contribution is 5.32. The summed E-state index contributed by atoms with van der Waals surface area (Å²) in [4.78, 5) is 0. The zero-order valence-electron chi connectivity index (χ0n) is 13.3. The van der Waals surface area contributed by atoms with Crippen molar-refractivity contribution in [1.82, 2.24) is 15.1 Å². The van der Waals surface area contributed by atoms with Gasteiger partial charge in [0, 0.05) is 6.54 Å². The minimum Gasteiger partial charge on any atom is -0.305 e. The molecular formula is C17H24FN3. The molecule has 1 aromatic heterocycles. The third-order valence-corrected chi connectivity index (χ3v) is 3.63. The summed E-state index contributed by atoms with van der Waals surface area (Å²) >= 11 is 0. The molecule has 1 heterocycles. The van der Waals surface area contributed by atoms with E-state index in [4.69, 9.17) is 0 Å². The van der Waals surface area contributed by atoms with Crippen molar-refractivity contribution < 1.29 is 4.39 Å². The first-order chi connectivity index (χ1) is 10.1. The first-order valence-corrected chi connectivity index (χ1v) is 7.66. The van der Waals surface area contributed by atoms with Crippen molar-refractivity contribution in [2.45, 2.75) is 46.7 Å². The smallest absolute Gasteiger partial charge is 0.123 e. The normalized spacial score (nSPS) is 12.6. The van der Waals surface area contributed by atoms with Crippen molar-refractivity contribution in [1.29, 1.82) is 0 Å². The van der Waals surface area contributed by atoms with Gasteiger partial charge in [-0.1, -0.05) is 19.9 Å². The van der Waals surface area contributed by atoms with E-state index in [0.29, 0.717) is 0 Å². The molecule has 0 saturated heterocycles. The van der Waals surface area contributed by atoms with Gasteiger partial charge in [-0.05, 0) is 56.1 Å². The summed E-state index contributed by atoms with van der Waals surface area (Å²) in [6, 6.07) is 7.30. The van der Waals surface area contributed by atoms with Gasteiger partial charge in [-0.15, -0.1) is 0 Å². The highest BCUT2D eigenvalue weighted by Gasteiger charge is 2.19. The molecule has 1 atom stereocenters. The van der Waals surface area contributed by atoms with Gasteiger partial charge in [-0.2, -0.15) is 5.10 Å². The number of hydrogen-bond donors (Lipinski definition) is 1. The molecule has 1 unspecified atom stereocenters. The SMILES string of the molecule is CCNC(c1cc(C)cc(F)c1)c1cc(CC)nn1CC. The second-order valence-electron chi connectivity index (χ2n) is 5.28. The number of benzene rings is 1. The second-order valence-corrected chi connectivity index (χ2v) is 5.28. The van der Waals surface area contributed by atoms with Crippen LogP contribution in [0.2, 0.25) is 0 Å². The molecule has 0 spiro atoms. The average molecular weight is 289 g/mol. The molecule has 0 aliphatic rings. The molecule has 1 N–H and O–H groups in total. The highest BCUT2D eigenvalue weighted by atomic mass is 19.1. The summed E-state index contributed by atoms with van der Waals surface area (Å²) in [6.07, 6.45) is 0.904. The van der Waals surface area contributed by atoms with E-state index in [9.17, 15) is 4.39 Å². The average Bonchev–Trinajstić information content (AvgIpc) is 2.86. The molecule has 0 aliphatic carbocycles. The third-order valence-electron chi connectivity index (χ3n) is 3.63. The highest BCUT2D eigenvalue weighted by Crippen LogP contribution is 2.25. The Morgan fingerprint density at radius 1 is 1.19 bits per heavy atom. The van der Waals surface area contributed by atoms with Crippen molar-refractivity contribution in [2.75, 3.05) is 6.54 Å². The van der Waals surface area contributed by atoms with E-state index in [2.05, 4.69) is 37.3 Å². The number of aryl methyl sites for hydroxylation is 3. The van der Waals surface area contributed by atoms with Gasteiger partial charge in [-0.3, -0.25) is 4.68 Å². The van der Waals surface area contributed by atoms with Gasteiger partial charge in [0.05, 0.1) is 17.4 Å². The summed E-state index contributed by atoms with van der Waals surface area (Å²) in [5.74, 6) is -0.189. The van der Waals surface area contributed by atoms with Crippen molar-refractivity contribution in [3.05, 3.63) is 52.6 Å². The van der Waals surface area contributed by atoms with Crippen LogP contribution in [0.25, 0.3) is 0 Å². The van der Waals surface area contributed by atoms with Crippen LogP contribution in [0.15, 0.2) is 24.3 Å². The van der Waals surface area contributed by atoms with Gasteiger partial charge in [0.1, 0.15) is 5.82 Å². The Hall–Kier alpha value is -1.68. The van der Waals surface area contributed by atoms with Crippen molar-refractivity contribution >= 4 is 0 Å². The monoisotopic (exact) mass is 289 g/mol. The number of nitrogens with one attached hydrogen (secondary N) is 1. The van der Waals surface area contributed by atoms with E-state index in [1.807, 2.05) is 17.7 Å². The number of hydrogen-bond acceptors (Lipinski definition) is 2. The number of aromatic nitrogens is 2. The maximum Gasteiger partial charge on any atom is 0.123 e. The molecule has 3 nitrogen and oxygen atoms in total. The van der Waals surface area contributed by atoms with Crippen molar-refractivity contribution in [2.24, 2.45) is 0 Å². The van der Waals surface area contributed by atoms with E-state index in [-0.39, 0.29) is 11.9 Å². The first kappa shape index (κ1) is 15.7. The maximum absolute atomic E-state index is 13.7. The summed E-state index contributed by atoms with van der Waals surface area (Å²) in [5.41, 5.74) is 4.06. The molecule has 0 fully saturated rings. The Morgan fingerprint density at radius 3 is 2.52 bits per heavy atom. The Kier molecular flexibility index (Phi) is 5.12. The minimum atomic E-state index is -0.189. The van der Waals surface area contributed by atoms with Crippen LogP contribution in [0.3, 0.4) is 0 Å². The maximum atomic E-state index is 13.7. The van der Waals surface area contributed by atoms with Gasteiger partial charge in [0.25, 0.3) is 0 Å². The lowest BCUT2D eigenvalue weighted by atomic mass is 10.0. The fraction of sp³-hybridized carbons (Fsp3) is 0.471. The van der Waals surface area contributed by atoms with Gasteiger partial charge >= 0.3 is 0 Å². The molecule has 4 heteroatoms. The van der Waals surface area contributed by atoms with Crippen LogP contribution in [-0.2, 0) is 13.0 Å². The Morgan fingerprint density at radius 2 is 1.95 bits per heavy atom. The molecule has 0 saturated carbocycles. The van der Waals surface area contributed by atoms with Crippen LogP contribution in [0.5, 0.6) is 0 Å². The number of halogens is 1. The quantitative estimate of drug-likeness (QED) is 0.880. The molecule has 2 rings (SSSR count). The fourth-order valence-electron chi connectivity index (χ4n) is 2.67. The van der Waals surface area contributed by atoms with Crippen LogP contribution in [0, 0.1) is 12.7 Å². The summed E-state index contributed by atoms with van der Waals surface area (Å²) < 4.78 is 15.8. The molecule has 114 valence electrons. The third kappa shape index (κ3) is 3.50. The first-order valence-electron chi connectivity index (χ1n) is 7.66. The van der Waals surface area contributed by atoms with Crippen LogP contribution >= 0.6 is 0 Å². The van der Waals surface area contributed by atoms with E-state index in [1.54, 1.807) is 12.1 Å². The lowest BCUT2D eigenvalue weighted by molar-refractivity contribution is 0.536. The largest absolute Gasteiger partial charge is 0.305 e. The lowest BCUT2D eigenvalue weighted by Gasteiger charge is -2.20. The topological polar surface area (TPSA) is 29.9 Å². The van der Waals surface area contributed by atoms with Crippen LogP contribution in [0.4, 0.5) is 4.39 Å². The molecule has 2 aromatic rings. The Balaban J connectivity index is 2.49. The summed E-state index contributed by atoms with van der Waals surface area (Å²) in [7, 11) is 0. The van der Waals surface area contributed by atoms with E-state index in [0.717, 1.165) is 42.0 Å². The zero-order chi connectivity index (χ0) is 15.4. The Labute approximate surface area is 126 Å². The number of nitrogens with zero attached hydrogens (tertiary/aromatic N) is 2. The predicted octanol–water partition coefficient (Wildman–Crippen LogP) is 3.61. The molecule has 1 aromatic carbocycles. The molecule has 0 aliphatic heterocycles.